The van der Waals surface area contributed by atoms with Crippen LogP contribution in [-0.4, -0.2) is 24.2 Å². The Bertz CT molecular complexity index is 797. The first kappa shape index (κ1) is 14.8. The molecule has 0 saturated carbocycles. The van der Waals surface area contributed by atoms with Crippen LogP contribution >= 0.6 is 0 Å². The van der Waals surface area contributed by atoms with Gasteiger partial charge in [0.25, 0.3) is 11.8 Å². The fourth-order valence-corrected chi connectivity index (χ4v) is 2.22. The number of carbonyl (C=O) groups is 3. The third kappa shape index (κ3) is 3.21. The zero-order valence-corrected chi connectivity index (χ0v) is 12.4. The second kappa shape index (κ2) is 5.92. The van der Waals surface area contributed by atoms with Crippen LogP contribution in [0.25, 0.3) is 0 Å². The number of nitrogens with one attached hydrogen (secondary N) is 2. The maximum absolute atomic E-state index is 12.3. The summed E-state index contributed by atoms with van der Waals surface area (Å²) in [5, 5.41) is 5.40. The number of amides is 2. The molecule has 0 spiro atoms. The molecule has 0 atom stereocenters. The van der Waals surface area contributed by atoms with E-state index in [1.807, 2.05) is 0 Å². The number of ether oxygens (including phenoxy) is 1. The molecule has 0 bridgehead atoms. The molecule has 1 aliphatic heterocycles. The molecule has 116 valence electrons. The van der Waals surface area contributed by atoms with Crippen LogP contribution in [0.4, 0.5) is 11.4 Å². The number of carbonyl (C=O) groups excluding carboxylic acids is 3. The van der Waals surface area contributed by atoms with Crippen LogP contribution in [0.1, 0.15) is 27.6 Å². The Hall–Kier alpha value is -3.15. The number of ketones is 1. The summed E-state index contributed by atoms with van der Waals surface area (Å²) in [4.78, 5) is 34.8. The van der Waals surface area contributed by atoms with Crippen LogP contribution in [0.2, 0.25) is 0 Å². The van der Waals surface area contributed by atoms with Gasteiger partial charge in [-0.15, -0.1) is 0 Å². The summed E-state index contributed by atoms with van der Waals surface area (Å²) in [6, 6.07) is 11.5. The van der Waals surface area contributed by atoms with Gasteiger partial charge in [-0.25, -0.2) is 0 Å². The second-order valence-electron chi connectivity index (χ2n) is 5.14. The van der Waals surface area contributed by atoms with Crippen molar-refractivity contribution in [2.75, 3.05) is 17.2 Å². The first-order valence-electron chi connectivity index (χ1n) is 7.02. The largest absolute Gasteiger partial charge is 0.482 e. The van der Waals surface area contributed by atoms with Crippen LogP contribution in [0.5, 0.6) is 5.75 Å². The SMILES string of the molecule is CC(=O)c1ccc(NC(=O)c2ccc3c(c2)NC(=O)CO3)cc1. The van der Waals surface area contributed by atoms with Crippen molar-refractivity contribution in [2.45, 2.75) is 6.92 Å². The van der Waals surface area contributed by atoms with E-state index in [-0.39, 0.29) is 24.2 Å². The van der Waals surface area contributed by atoms with Gasteiger partial charge in [0.1, 0.15) is 5.75 Å². The smallest absolute Gasteiger partial charge is 0.262 e. The summed E-state index contributed by atoms with van der Waals surface area (Å²) in [6.45, 7) is 1.46. The topological polar surface area (TPSA) is 84.5 Å². The van der Waals surface area contributed by atoms with Crippen molar-refractivity contribution in [3.05, 3.63) is 53.6 Å². The van der Waals surface area contributed by atoms with Gasteiger partial charge in [-0.1, -0.05) is 0 Å². The Morgan fingerprint density at radius 2 is 1.78 bits per heavy atom. The van der Waals surface area contributed by atoms with E-state index in [9.17, 15) is 14.4 Å². The quantitative estimate of drug-likeness (QED) is 0.853. The molecule has 2 N–H and O–H groups in total. The lowest BCUT2D eigenvalue weighted by atomic mass is 10.1. The number of hydrogen-bond donors (Lipinski definition) is 2. The van der Waals surface area contributed by atoms with Crippen molar-refractivity contribution in [1.29, 1.82) is 0 Å². The highest BCUT2D eigenvalue weighted by Gasteiger charge is 2.17. The fraction of sp³-hybridized carbons (Fsp3) is 0.118. The summed E-state index contributed by atoms with van der Waals surface area (Å²) in [6.07, 6.45) is 0. The fourth-order valence-electron chi connectivity index (χ4n) is 2.22. The number of anilines is 2. The molecule has 0 saturated heterocycles. The Morgan fingerprint density at radius 1 is 1.09 bits per heavy atom. The number of hydrogen-bond acceptors (Lipinski definition) is 4. The predicted molar refractivity (Wildman–Crippen MR) is 85.0 cm³/mol. The first-order valence-corrected chi connectivity index (χ1v) is 7.02. The molecule has 0 fully saturated rings. The van der Waals surface area contributed by atoms with Crippen LogP contribution < -0.4 is 15.4 Å². The van der Waals surface area contributed by atoms with E-state index in [4.69, 9.17) is 4.74 Å². The zero-order chi connectivity index (χ0) is 16.4. The summed E-state index contributed by atoms with van der Waals surface area (Å²) < 4.78 is 5.25. The second-order valence-corrected chi connectivity index (χ2v) is 5.14. The molecule has 0 unspecified atom stereocenters. The van der Waals surface area contributed by atoms with Crippen LogP contribution in [0.3, 0.4) is 0 Å². The van der Waals surface area contributed by atoms with E-state index in [2.05, 4.69) is 10.6 Å². The third-order valence-corrected chi connectivity index (χ3v) is 3.42. The minimum atomic E-state index is -0.316. The van der Waals surface area contributed by atoms with Gasteiger partial charge >= 0.3 is 0 Å². The molecule has 0 aromatic heterocycles. The Morgan fingerprint density at radius 3 is 2.48 bits per heavy atom. The average Bonchev–Trinajstić information content (AvgIpc) is 2.54. The van der Waals surface area contributed by atoms with E-state index in [0.29, 0.717) is 28.3 Å². The van der Waals surface area contributed by atoms with Crippen molar-refractivity contribution < 1.29 is 19.1 Å². The molecule has 2 aromatic rings. The van der Waals surface area contributed by atoms with Crippen LogP contribution in [0.15, 0.2) is 42.5 Å². The summed E-state index contributed by atoms with van der Waals surface area (Å²) >= 11 is 0. The average molecular weight is 310 g/mol. The van der Waals surface area contributed by atoms with Gasteiger partial charge in [0.15, 0.2) is 12.4 Å². The number of fused-ring (bicyclic) bond motifs is 1. The molecule has 2 aromatic carbocycles. The molecule has 0 radical (unpaired) electrons. The highest BCUT2D eigenvalue weighted by atomic mass is 16.5. The number of Topliss-reactive ketones (excluding diaryl/α,β-unsaturated/α-hetero) is 1. The summed E-state index contributed by atoms with van der Waals surface area (Å²) in [7, 11) is 0. The first-order chi connectivity index (χ1) is 11.0. The molecule has 2 amide bonds. The monoisotopic (exact) mass is 310 g/mol. The van der Waals surface area contributed by atoms with E-state index >= 15 is 0 Å². The Labute approximate surface area is 132 Å². The highest BCUT2D eigenvalue weighted by molar-refractivity contribution is 6.06. The highest BCUT2D eigenvalue weighted by Crippen LogP contribution is 2.28. The maximum Gasteiger partial charge on any atom is 0.262 e. The van der Waals surface area contributed by atoms with E-state index in [1.165, 1.54) is 6.92 Å². The van der Waals surface area contributed by atoms with Gasteiger partial charge in [-0.2, -0.15) is 0 Å². The Balaban J connectivity index is 1.77. The van der Waals surface area contributed by atoms with E-state index in [0.717, 1.165) is 0 Å². The van der Waals surface area contributed by atoms with Gasteiger partial charge in [0.2, 0.25) is 0 Å². The minimum absolute atomic E-state index is 0.0267. The Kier molecular flexibility index (Phi) is 3.80. The molecule has 3 rings (SSSR count). The number of benzene rings is 2. The van der Waals surface area contributed by atoms with Gasteiger partial charge in [-0.3, -0.25) is 14.4 Å². The maximum atomic E-state index is 12.3. The molecular weight excluding hydrogens is 296 g/mol. The van der Waals surface area contributed by atoms with Crippen molar-refractivity contribution in [3.8, 4) is 5.75 Å². The lowest BCUT2D eigenvalue weighted by Crippen LogP contribution is -2.25. The minimum Gasteiger partial charge on any atom is -0.482 e. The molecule has 6 heteroatoms. The van der Waals surface area contributed by atoms with Gasteiger partial charge in [-0.05, 0) is 49.4 Å². The lowest BCUT2D eigenvalue weighted by Gasteiger charge is -2.18. The molecule has 0 aliphatic carbocycles. The standard InChI is InChI=1S/C17H14N2O4/c1-10(20)11-2-5-13(6-3-11)18-17(22)12-4-7-15-14(8-12)19-16(21)9-23-15/h2-8H,9H2,1H3,(H,18,22)(H,19,21). The van der Waals surface area contributed by atoms with E-state index in [1.54, 1.807) is 42.5 Å². The van der Waals surface area contributed by atoms with Gasteiger partial charge in [0.05, 0.1) is 5.69 Å². The molecule has 6 nitrogen and oxygen atoms in total. The third-order valence-electron chi connectivity index (χ3n) is 3.42. The van der Waals surface area contributed by atoms with Crippen molar-refractivity contribution in [3.63, 3.8) is 0 Å². The predicted octanol–water partition coefficient (Wildman–Crippen LogP) is 2.47. The van der Waals surface area contributed by atoms with Crippen LogP contribution in [0, 0.1) is 0 Å². The van der Waals surface area contributed by atoms with Crippen molar-refractivity contribution >= 4 is 29.0 Å². The zero-order valence-electron chi connectivity index (χ0n) is 12.4. The van der Waals surface area contributed by atoms with Crippen LogP contribution in [-0.2, 0) is 4.79 Å². The van der Waals surface area contributed by atoms with Crippen molar-refractivity contribution in [2.24, 2.45) is 0 Å². The lowest BCUT2D eigenvalue weighted by molar-refractivity contribution is -0.118. The molecular formula is C17H14N2O4. The molecule has 1 aliphatic rings. The summed E-state index contributed by atoms with van der Waals surface area (Å²) in [5.41, 5.74) is 2.03. The number of rotatable bonds is 3. The summed E-state index contributed by atoms with van der Waals surface area (Å²) in [5.74, 6) is -0.0710. The van der Waals surface area contributed by atoms with Crippen molar-refractivity contribution in [1.82, 2.24) is 0 Å². The normalized spacial score (nSPS) is 12.7. The van der Waals surface area contributed by atoms with E-state index < -0.39 is 0 Å². The molecule has 23 heavy (non-hydrogen) atoms. The molecule has 1 heterocycles. The van der Waals surface area contributed by atoms with Gasteiger partial charge < -0.3 is 15.4 Å². The van der Waals surface area contributed by atoms with Gasteiger partial charge in [0, 0.05) is 16.8 Å².